The minimum absolute atomic E-state index is 0.116. The summed E-state index contributed by atoms with van der Waals surface area (Å²) in [6.45, 7) is 8.89. The van der Waals surface area contributed by atoms with Crippen LogP contribution in [0.1, 0.15) is 29.7 Å². The molecule has 1 N–H and O–H groups in total. The molecule has 0 radical (unpaired) electrons. The quantitative estimate of drug-likeness (QED) is 0.396. The van der Waals surface area contributed by atoms with E-state index < -0.39 is 50.5 Å². The normalized spacial score (nSPS) is 17.7. The number of nitrogens with one attached hydrogen (secondary N) is 1. The van der Waals surface area contributed by atoms with E-state index in [0.29, 0.717) is 6.07 Å². The van der Waals surface area contributed by atoms with E-state index in [4.69, 9.17) is 6.57 Å². The molecule has 15 heteroatoms. The molecule has 0 bridgehead atoms. The lowest BCUT2D eigenvalue weighted by Crippen LogP contribution is -2.46. The summed E-state index contributed by atoms with van der Waals surface area (Å²) in [5.74, 6) is -2.64. The molecular formula is C23H15F6N5O3S. The Morgan fingerprint density at radius 1 is 1.18 bits per heavy atom. The Balaban J connectivity index is 2.23. The molecule has 2 atom stereocenters. The van der Waals surface area contributed by atoms with E-state index in [1.54, 1.807) is 6.07 Å². The third-order valence-corrected chi connectivity index (χ3v) is 7.05. The van der Waals surface area contributed by atoms with Crippen LogP contribution in [0.4, 0.5) is 36.8 Å². The predicted octanol–water partition coefficient (Wildman–Crippen LogP) is 5.54. The van der Waals surface area contributed by atoms with Crippen molar-refractivity contribution < 1.29 is 40.1 Å². The highest BCUT2D eigenvalue weighted by Crippen LogP contribution is 2.39. The first-order chi connectivity index (χ1) is 17.5. The van der Waals surface area contributed by atoms with Gasteiger partial charge in [0.05, 0.1) is 44.4 Å². The van der Waals surface area contributed by atoms with Crippen LogP contribution < -0.4 is 10.2 Å². The van der Waals surface area contributed by atoms with Gasteiger partial charge in [0.2, 0.25) is 5.70 Å². The lowest BCUT2D eigenvalue weighted by atomic mass is 9.99. The molecule has 0 saturated carbocycles. The van der Waals surface area contributed by atoms with Crippen molar-refractivity contribution in [1.82, 2.24) is 5.32 Å². The summed E-state index contributed by atoms with van der Waals surface area (Å²) in [7, 11) is -4.17. The van der Waals surface area contributed by atoms with Gasteiger partial charge in [-0.15, -0.1) is 4.36 Å². The zero-order valence-electron chi connectivity index (χ0n) is 19.3. The van der Waals surface area contributed by atoms with E-state index in [9.17, 15) is 45.4 Å². The van der Waals surface area contributed by atoms with Gasteiger partial charge < -0.3 is 5.32 Å². The summed E-state index contributed by atoms with van der Waals surface area (Å²) in [6, 6.07) is 6.25. The zero-order valence-corrected chi connectivity index (χ0v) is 20.1. The van der Waals surface area contributed by atoms with Gasteiger partial charge in [0.25, 0.3) is 0 Å². The van der Waals surface area contributed by atoms with Gasteiger partial charge in [-0.3, -0.25) is 9.69 Å². The van der Waals surface area contributed by atoms with E-state index >= 15 is 0 Å². The van der Waals surface area contributed by atoms with Gasteiger partial charge >= 0.3 is 24.3 Å². The summed E-state index contributed by atoms with van der Waals surface area (Å²) in [5, 5.41) is 11.6. The summed E-state index contributed by atoms with van der Waals surface area (Å²) in [6.07, 6.45) is -9.43. The number of hydrogen-bond acceptors (Lipinski definition) is 4. The first kappa shape index (κ1) is 28.2. The van der Waals surface area contributed by atoms with Crippen molar-refractivity contribution in [2.24, 2.45) is 4.36 Å². The fourth-order valence-corrected chi connectivity index (χ4v) is 5.15. The molecule has 2 aromatic rings. The first-order valence-corrected chi connectivity index (χ1v) is 12.2. The number of nitriles is 1. The highest BCUT2D eigenvalue weighted by atomic mass is 32.2. The maximum Gasteiger partial charge on any atom is 0.474 e. The van der Waals surface area contributed by atoms with Crippen LogP contribution in [0.25, 0.3) is 4.85 Å². The Labute approximate surface area is 212 Å². The second-order valence-electron chi connectivity index (χ2n) is 7.91. The molecule has 0 fully saturated rings. The summed E-state index contributed by atoms with van der Waals surface area (Å²) < 4.78 is 94.1. The number of carbonyl (C=O) groups is 2. The fourth-order valence-electron chi connectivity index (χ4n) is 3.66. The SMILES string of the molecule is [C-]#[N+]C1=C(C)N(c2cccc(C(F)(F)F)c2)C(=O)N[C@@H]1c1ccc(C#N)cc1[S@](C)(=O)=NC(=O)C(F)(F)F. The van der Waals surface area contributed by atoms with E-state index in [1.807, 2.05) is 0 Å². The average molecular weight is 555 g/mol. The molecule has 1 heterocycles. The molecule has 2 aromatic carbocycles. The number of nitrogens with zero attached hydrogens (tertiary/aromatic N) is 4. The number of rotatable bonds is 3. The van der Waals surface area contributed by atoms with Gasteiger partial charge in [-0.1, -0.05) is 12.1 Å². The molecule has 198 valence electrons. The first-order valence-electron chi connectivity index (χ1n) is 10.2. The van der Waals surface area contributed by atoms with Crippen LogP contribution in [-0.4, -0.2) is 28.6 Å². The average Bonchev–Trinajstić information content (AvgIpc) is 2.82. The van der Waals surface area contributed by atoms with Gasteiger partial charge in [0.15, 0.2) is 0 Å². The van der Waals surface area contributed by atoms with Crippen LogP contribution >= 0.6 is 0 Å². The lowest BCUT2D eigenvalue weighted by molar-refractivity contribution is -0.169. The smallest absolute Gasteiger partial charge is 0.335 e. The Morgan fingerprint density at radius 3 is 2.39 bits per heavy atom. The zero-order chi connectivity index (χ0) is 28.6. The van der Waals surface area contributed by atoms with Gasteiger partial charge in [-0.25, -0.2) is 13.8 Å². The Bertz CT molecular complexity index is 1570. The van der Waals surface area contributed by atoms with Crippen LogP contribution in [0, 0.1) is 17.9 Å². The minimum atomic E-state index is -5.44. The summed E-state index contributed by atoms with van der Waals surface area (Å²) in [4.78, 5) is 28.2. The Hall–Kier alpha value is -4.37. The molecule has 0 spiro atoms. The number of anilines is 1. The van der Waals surface area contributed by atoms with Crippen molar-refractivity contribution in [3.8, 4) is 6.07 Å². The number of halogens is 6. The molecule has 3 amide bonds. The summed E-state index contributed by atoms with van der Waals surface area (Å²) in [5.41, 5.74) is -2.03. The van der Waals surface area contributed by atoms with Gasteiger partial charge in [-0.05, 0) is 42.8 Å². The Morgan fingerprint density at radius 2 is 1.84 bits per heavy atom. The maximum atomic E-state index is 13.2. The number of benzene rings is 2. The predicted molar refractivity (Wildman–Crippen MR) is 121 cm³/mol. The molecule has 0 aliphatic carbocycles. The van der Waals surface area contributed by atoms with Crippen LogP contribution in [0.5, 0.6) is 0 Å². The van der Waals surface area contributed by atoms with E-state index in [0.717, 1.165) is 35.4 Å². The van der Waals surface area contributed by atoms with Crippen molar-refractivity contribution in [1.29, 1.82) is 5.26 Å². The van der Waals surface area contributed by atoms with Crippen molar-refractivity contribution in [3.05, 3.63) is 82.0 Å². The molecule has 0 saturated heterocycles. The topological polar surface area (TPSA) is 107 Å². The molecule has 1 aliphatic rings. The second kappa shape index (κ2) is 9.83. The number of allylic oxidation sites excluding steroid dienone is 1. The highest BCUT2D eigenvalue weighted by Gasteiger charge is 2.41. The molecule has 1 aliphatic heterocycles. The van der Waals surface area contributed by atoms with Crippen LogP contribution in [0.15, 0.2) is 63.1 Å². The van der Waals surface area contributed by atoms with Crippen LogP contribution in [-0.2, 0) is 20.7 Å². The number of amides is 3. The molecule has 0 unspecified atom stereocenters. The van der Waals surface area contributed by atoms with Crippen molar-refractivity contribution in [2.45, 2.75) is 30.2 Å². The van der Waals surface area contributed by atoms with E-state index in [-0.39, 0.29) is 28.2 Å². The fraction of sp³-hybridized carbons (Fsp3) is 0.217. The molecule has 38 heavy (non-hydrogen) atoms. The molecule has 3 rings (SSSR count). The van der Waals surface area contributed by atoms with Crippen molar-refractivity contribution >= 4 is 27.4 Å². The van der Waals surface area contributed by atoms with Gasteiger partial charge in [-0.2, -0.15) is 31.6 Å². The largest absolute Gasteiger partial charge is 0.474 e. The lowest BCUT2D eigenvalue weighted by Gasteiger charge is -2.35. The van der Waals surface area contributed by atoms with Crippen LogP contribution in [0.3, 0.4) is 0 Å². The maximum absolute atomic E-state index is 13.2. The van der Waals surface area contributed by atoms with E-state index in [1.165, 1.54) is 19.1 Å². The number of urea groups is 1. The summed E-state index contributed by atoms with van der Waals surface area (Å²) >= 11 is 0. The van der Waals surface area contributed by atoms with E-state index in [2.05, 4.69) is 14.5 Å². The third kappa shape index (κ3) is 5.47. The number of carbonyl (C=O) groups excluding carboxylic acids is 2. The minimum Gasteiger partial charge on any atom is -0.335 e. The van der Waals surface area contributed by atoms with Crippen molar-refractivity contribution in [3.63, 3.8) is 0 Å². The molecule has 0 aromatic heterocycles. The van der Waals surface area contributed by atoms with Crippen molar-refractivity contribution in [2.75, 3.05) is 11.2 Å². The number of hydrogen-bond donors (Lipinski definition) is 1. The standard InChI is InChI=1S/C23H15F6N5O3S/c1-12-18(31-2)19(32-21(36)34(12)15-6-4-5-14(10-15)22(24,25)26)16-8-7-13(11-30)9-17(16)38(3,37)33-20(35)23(27,28)29/h4-10,19H,1,3H3,(H,32,36)/t19-,38+/m1/s1. The Kier molecular flexibility index (Phi) is 7.30. The molecular weight excluding hydrogens is 540 g/mol. The second-order valence-corrected chi connectivity index (χ2v) is 10.1. The monoisotopic (exact) mass is 555 g/mol. The third-order valence-electron chi connectivity index (χ3n) is 5.36. The van der Waals surface area contributed by atoms with Crippen LogP contribution in [0.2, 0.25) is 0 Å². The number of alkyl halides is 6. The highest BCUT2D eigenvalue weighted by molar-refractivity contribution is 7.93. The van der Waals surface area contributed by atoms with Gasteiger partial charge in [0, 0.05) is 17.6 Å². The molecule has 8 nitrogen and oxygen atoms in total. The van der Waals surface area contributed by atoms with Gasteiger partial charge in [0.1, 0.15) is 0 Å².